The van der Waals surface area contributed by atoms with Crippen LogP contribution in [-0.2, 0) is 0 Å². The number of aryl methyl sites for hydroxylation is 1. The van der Waals surface area contributed by atoms with Crippen LogP contribution in [0.25, 0.3) is 0 Å². The Hall–Kier alpha value is -1.51. The quantitative estimate of drug-likeness (QED) is 0.708. The molecule has 0 saturated carbocycles. The lowest BCUT2D eigenvalue weighted by atomic mass is 10.1. The maximum Gasteiger partial charge on any atom is 0.257 e. The average molecular weight is 179 g/mol. The molecule has 1 aromatic carbocycles. The topological polar surface area (TPSA) is 40.5 Å². The molecule has 0 aliphatic heterocycles. The lowest BCUT2D eigenvalue weighted by Crippen LogP contribution is -2.21. The monoisotopic (exact) mass is 179 g/mol. The lowest BCUT2D eigenvalue weighted by Gasteiger charge is -2.11. The SMILES string of the molecule is Cc1ccc(O)c(C(=O)N(C)C)c1. The molecule has 3 heteroatoms. The molecule has 1 rings (SSSR count). The molecule has 0 heterocycles. The third-order valence-electron chi connectivity index (χ3n) is 1.79. The van der Waals surface area contributed by atoms with E-state index < -0.39 is 0 Å². The van der Waals surface area contributed by atoms with Gasteiger partial charge < -0.3 is 10.0 Å². The number of carbonyl (C=O) groups is 1. The summed E-state index contributed by atoms with van der Waals surface area (Å²) in [7, 11) is 3.31. The smallest absolute Gasteiger partial charge is 0.257 e. The van der Waals surface area contributed by atoms with E-state index in [0.717, 1.165) is 5.56 Å². The van der Waals surface area contributed by atoms with Gasteiger partial charge in [0.15, 0.2) is 0 Å². The molecule has 0 bridgehead atoms. The second kappa shape index (κ2) is 3.47. The van der Waals surface area contributed by atoms with Gasteiger partial charge in [-0.25, -0.2) is 0 Å². The Morgan fingerprint density at radius 1 is 1.38 bits per heavy atom. The van der Waals surface area contributed by atoms with E-state index >= 15 is 0 Å². The van der Waals surface area contributed by atoms with E-state index in [4.69, 9.17) is 0 Å². The third kappa shape index (κ3) is 1.99. The highest BCUT2D eigenvalue weighted by atomic mass is 16.3. The zero-order chi connectivity index (χ0) is 10.0. The second-order valence-corrected chi connectivity index (χ2v) is 3.22. The van der Waals surface area contributed by atoms with Gasteiger partial charge in [0.2, 0.25) is 0 Å². The standard InChI is InChI=1S/C10H13NO2/c1-7-4-5-9(12)8(6-7)10(13)11(2)3/h4-6,12H,1-3H3. The normalized spacial score (nSPS) is 9.77. The second-order valence-electron chi connectivity index (χ2n) is 3.22. The van der Waals surface area contributed by atoms with E-state index in [1.165, 1.54) is 11.0 Å². The number of phenolic OH excluding ortho intramolecular Hbond substituents is 1. The van der Waals surface area contributed by atoms with Crippen LogP contribution in [0.1, 0.15) is 15.9 Å². The van der Waals surface area contributed by atoms with Gasteiger partial charge in [0.05, 0.1) is 5.56 Å². The minimum absolute atomic E-state index is 0.0318. The maximum atomic E-state index is 11.5. The fourth-order valence-corrected chi connectivity index (χ4v) is 1.06. The number of nitrogens with zero attached hydrogens (tertiary/aromatic N) is 1. The zero-order valence-electron chi connectivity index (χ0n) is 8.03. The molecule has 0 aliphatic rings. The molecule has 0 fully saturated rings. The Balaban J connectivity index is 3.13. The Kier molecular flexibility index (Phi) is 2.56. The predicted octanol–water partition coefficient (Wildman–Crippen LogP) is 1.40. The number of aromatic hydroxyl groups is 1. The Bertz CT molecular complexity index is 332. The summed E-state index contributed by atoms with van der Waals surface area (Å²) < 4.78 is 0. The highest BCUT2D eigenvalue weighted by Gasteiger charge is 2.12. The van der Waals surface area contributed by atoms with Crippen LogP contribution in [0.15, 0.2) is 18.2 Å². The number of carbonyl (C=O) groups excluding carboxylic acids is 1. The molecular weight excluding hydrogens is 166 g/mol. The van der Waals surface area contributed by atoms with Gasteiger partial charge in [-0.3, -0.25) is 4.79 Å². The Morgan fingerprint density at radius 2 is 2.00 bits per heavy atom. The first-order valence-corrected chi connectivity index (χ1v) is 4.03. The minimum Gasteiger partial charge on any atom is -0.507 e. The molecule has 1 amide bonds. The van der Waals surface area contributed by atoms with E-state index in [0.29, 0.717) is 5.56 Å². The van der Waals surface area contributed by atoms with Crippen LogP contribution in [-0.4, -0.2) is 30.0 Å². The fraction of sp³-hybridized carbons (Fsp3) is 0.300. The third-order valence-corrected chi connectivity index (χ3v) is 1.79. The van der Waals surface area contributed by atoms with Crippen molar-refractivity contribution in [2.24, 2.45) is 0 Å². The number of hydrogen-bond donors (Lipinski definition) is 1. The molecule has 0 aliphatic carbocycles. The van der Waals surface area contributed by atoms with Gasteiger partial charge >= 0.3 is 0 Å². The molecule has 0 aromatic heterocycles. The van der Waals surface area contributed by atoms with Gasteiger partial charge in [-0.15, -0.1) is 0 Å². The van der Waals surface area contributed by atoms with Crippen LogP contribution in [0.2, 0.25) is 0 Å². The maximum absolute atomic E-state index is 11.5. The van der Waals surface area contributed by atoms with Crippen LogP contribution >= 0.6 is 0 Å². The summed E-state index contributed by atoms with van der Waals surface area (Å²) in [5, 5.41) is 9.41. The Morgan fingerprint density at radius 3 is 2.54 bits per heavy atom. The first-order valence-electron chi connectivity index (χ1n) is 4.03. The van der Waals surface area contributed by atoms with Gasteiger partial charge in [0.1, 0.15) is 5.75 Å². The van der Waals surface area contributed by atoms with Gasteiger partial charge in [0.25, 0.3) is 5.91 Å². The van der Waals surface area contributed by atoms with Gasteiger partial charge in [-0.2, -0.15) is 0 Å². The molecule has 0 atom stereocenters. The Labute approximate surface area is 77.6 Å². The van der Waals surface area contributed by atoms with Crippen LogP contribution < -0.4 is 0 Å². The first-order chi connectivity index (χ1) is 6.02. The molecule has 0 unspecified atom stereocenters. The van der Waals surface area contributed by atoms with Crippen molar-refractivity contribution >= 4 is 5.91 Å². The summed E-state index contributed by atoms with van der Waals surface area (Å²) in [6.07, 6.45) is 0. The van der Waals surface area contributed by atoms with Crippen LogP contribution in [0, 0.1) is 6.92 Å². The summed E-state index contributed by atoms with van der Waals surface area (Å²) in [6, 6.07) is 4.98. The summed E-state index contributed by atoms with van der Waals surface area (Å²) in [5.41, 5.74) is 1.31. The molecular formula is C10H13NO2. The van der Waals surface area contributed by atoms with Crippen LogP contribution in [0.4, 0.5) is 0 Å². The summed E-state index contributed by atoms with van der Waals surface area (Å²) in [6.45, 7) is 1.88. The molecule has 13 heavy (non-hydrogen) atoms. The highest BCUT2D eigenvalue weighted by Crippen LogP contribution is 2.18. The lowest BCUT2D eigenvalue weighted by molar-refractivity contribution is 0.0824. The van der Waals surface area contributed by atoms with Crippen molar-refractivity contribution in [2.75, 3.05) is 14.1 Å². The number of hydrogen-bond acceptors (Lipinski definition) is 2. The van der Waals surface area contributed by atoms with Crippen molar-refractivity contribution in [1.29, 1.82) is 0 Å². The zero-order valence-corrected chi connectivity index (χ0v) is 8.03. The first kappa shape index (κ1) is 9.58. The summed E-state index contributed by atoms with van der Waals surface area (Å²) in [4.78, 5) is 12.9. The summed E-state index contributed by atoms with van der Waals surface area (Å²) in [5.74, 6) is -0.148. The van der Waals surface area contributed by atoms with E-state index in [2.05, 4.69) is 0 Å². The van der Waals surface area contributed by atoms with Gasteiger partial charge in [-0.1, -0.05) is 11.6 Å². The number of benzene rings is 1. The van der Waals surface area contributed by atoms with E-state index in [1.807, 2.05) is 6.92 Å². The van der Waals surface area contributed by atoms with Crippen molar-refractivity contribution in [2.45, 2.75) is 6.92 Å². The number of rotatable bonds is 1. The van der Waals surface area contributed by atoms with E-state index in [1.54, 1.807) is 26.2 Å². The number of phenols is 1. The molecule has 3 nitrogen and oxygen atoms in total. The van der Waals surface area contributed by atoms with Crippen molar-refractivity contribution in [1.82, 2.24) is 4.90 Å². The number of amides is 1. The molecule has 1 N–H and O–H groups in total. The molecule has 1 aromatic rings. The predicted molar refractivity (Wildman–Crippen MR) is 50.9 cm³/mol. The molecule has 0 saturated heterocycles. The largest absolute Gasteiger partial charge is 0.507 e. The molecule has 70 valence electrons. The summed E-state index contributed by atoms with van der Waals surface area (Å²) >= 11 is 0. The van der Waals surface area contributed by atoms with Gasteiger partial charge in [0, 0.05) is 14.1 Å². The van der Waals surface area contributed by atoms with E-state index in [-0.39, 0.29) is 11.7 Å². The average Bonchev–Trinajstić information content (AvgIpc) is 2.08. The fourth-order valence-electron chi connectivity index (χ4n) is 1.06. The van der Waals surface area contributed by atoms with Crippen molar-refractivity contribution in [3.05, 3.63) is 29.3 Å². The van der Waals surface area contributed by atoms with Crippen molar-refractivity contribution < 1.29 is 9.90 Å². The molecule has 0 radical (unpaired) electrons. The van der Waals surface area contributed by atoms with Crippen molar-refractivity contribution in [3.8, 4) is 5.75 Å². The van der Waals surface area contributed by atoms with E-state index in [9.17, 15) is 9.90 Å². The van der Waals surface area contributed by atoms with Gasteiger partial charge in [-0.05, 0) is 19.1 Å². The molecule has 0 spiro atoms. The van der Waals surface area contributed by atoms with Crippen molar-refractivity contribution in [3.63, 3.8) is 0 Å². The van der Waals surface area contributed by atoms with Crippen LogP contribution in [0.3, 0.4) is 0 Å². The minimum atomic E-state index is -0.179. The van der Waals surface area contributed by atoms with Crippen LogP contribution in [0.5, 0.6) is 5.75 Å². The highest BCUT2D eigenvalue weighted by molar-refractivity contribution is 5.96.